The van der Waals surface area contributed by atoms with Crippen LogP contribution in [0.3, 0.4) is 0 Å². The predicted octanol–water partition coefficient (Wildman–Crippen LogP) is 12.0. The molecule has 49 heavy (non-hydrogen) atoms. The molecule has 0 fully saturated rings. The van der Waals surface area contributed by atoms with E-state index in [2.05, 4.69) is 177 Å². The third kappa shape index (κ3) is 6.10. The Morgan fingerprint density at radius 3 is 1.12 bits per heavy atom. The first-order valence-corrected chi connectivity index (χ1v) is 16.7. The first-order valence-electron chi connectivity index (χ1n) is 16.7. The number of aryl methyl sites for hydroxylation is 2. The maximum Gasteiger partial charge on any atom is 0.0737 e. The van der Waals surface area contributed by atoms with E-state index in [1.807, 2.05) is 12.1 Å². The van der Waals surface area contributed by atoms with Crippen LogP contribution >= 0.6 is 0 Å². The van der Waals surface area contributed by atoms with Gasteiger partial charge in [0.25, 0.3) is 0 Å². The van der Waals surface area contributed by atoms with Crippen LogP contribution in [0, 0.1) is 13.8 Å². The normalized spacial score (nSPS) is 11.7. The maximum absolute atomic E-state index is 5.30. The number of nitrogens with one attached hydrogen (secondary N) is 1. The van der Waals surface area contributed by atoms with E-state index in [4.69, 9.17) is 9.97 Å². The summed E-state index contributed by atoms with van der Waals surface area (Å²) in [6.07, 6.45) is 8.54. The maximum atomic E-state index is 5.30. The lowest BCUT2D eigenvalue weighted by Gasteiger charge is -2.06. The summed E-state index contributed by atoms with van der Waals surface area (Å²) in [5, 5.41) is 0. The van der Waals surface area contributed by atoms with Crippen molar-refractivity contribution in [2.45, 2.75) is 13.8 Å². The standard InChI is InChI=1S/C46H35N3/c1-31-17-21-35(22-18-31)45-41-27-25-39(47-41)37(33-11-5-3-6-12-33)15-9-10-16-38(34-13-7-4-8-14-34)40-26-28-42(48-40)46(44-30-29-43(45)49-44)36-23-19-32(2)20-24-36/h3-30,49H,1-2H3. The van der Waals surface area contributed by atoms with Crippen LogP contribution in [0.5, 0.6) is 0 Å². The van der Waals surface area contributed by atoms with Crippen molar-refractivity contribution in [2.24, 2.45) is 0 Å². The average molecular weight is 630 g/mol. The highest BCUT2D eigenvalue weighted by atomic mass is 14.8. The molecule has 234 valence electrons. The van der Waals surface area contributed by atoms with Crippen molar-refractivity contribution in [1.29, 1.82) is 0 Å². The summed E-state index contributed by atoms with van der Waals surface area (Å²) in [5.74, 6) is 0. The molecular weight excluding hydrogens is 595 g/mol. The van der Waals surface area contributed by atoms with Gasteiger partial charge in [-0.15, -0.1) is 0 Å². The molecule has 3 nitrogen and oxygen atoms in total. The monoisotopic (exact) mass is 629 g/mol. The van der Waals surface area contributed by atoms with Crippen LogP contribution in [-0.4, -0.2) is 15.0 Å². The molecular formula is C46H35N3. The highest BCUT2D eigenvalue weighted by Gasteiger charge is 2.16. The zero-order valence-corrected chi connectivity index (χ0v) is 27.6. The molecule has 6 aromatic rings. The van der Waals surface area contributed by atoms with Crippen molar-refractivity contribution < 1.29 is 0 Å². The minimum atomic E-state index is 0.916. The lowest BCUT2D eigenvalue weighted by atomic mass is 10.0. The summed E-state index contributed by atoms with van der Waals surface area (Å²) in [6.45, 7) is 4.24. The molecule has 4 aromatic carbocycles. The second-order valence-electron chi connectivity index (χ2n) is 12.5. The van der Waals surface area contributed by atoms with E-state index in [0.717, 1.165) is 78.3 Å². The number of hydrogen-bond acceptors (Lipinski definition) is 2. The van der Waals surface area contributed by atoms with Crippen LogP contribution in [0.25, 0.3) is 79.8 Å². The van der Waals surface area contributed by atoms with E-state index < -0.39 is 0 Å². The summed E-state index contributed by atoms with van der Waals surface area (Å²) in [6, 6.07) is 51.2. The Labute approximate surface area is 287 Å². The molecule has 0 atom stereocenters. The number of fused-ring (bicyclic) bond motifs is 6. The minimum absolute atomic E-state index is 0.916. The predicted molar refractivity (Wildman–Crippen MR) is 207 cm³/mol. The second-order valence-corrected chi connectivity index (χ2v) is 12.5. The summed E-state index contributed by atoms with van der Waals surface area (Å²) in [5.41, 5.74) is 16.8. The van der Waals surface area contributed by atoms with Crippen molar-refractivity contribution in [3.63, 3.8) is 0 Å². The molecule has 0 spiro atoms. The molecule has 2 aliphatic heterocycles. The van der Waals surface area contributed by atoms with Crippen molar-refractivity contribution >= 4 is 35.3 Å². The molecule has 8 rings (SSSR count). The Morgan fingerprint density at radius 1 is 0.347 bits per heavy atom. The topological polar surface area (TPSA) is 41.6 Å². The van der Waals surface area contributed by atoms with Crippen LogP contribution in [0.4, 0.5) is 0 Å². The van der Waals surface area contributed by atoms with Crippen molar-refractivity contribution in [2.75, 3.05) is 0 Å². The molecule has 1 N–H and O–H groups in total. The molecule has 2 aromatic heterocycles. The number of aromatic amines is 1. The Kier molecular flexibility index (Phi) is 8.01. The molecule has 0 saturated heterocycles. The van der Waals surface area contributed by atoms with Gasteiger partial charge in [-0.3, -0.25) is 0 Å². The second kappa shape index (κ2) is 13.1. The van der Waals surface area contributed by atoms with Crippen molar-refractivity contribution in [3.8, 4) is 44.5 Å². The van der Waals surface area contributed by atoms with Crippen LogP contribution < -0.4 is 0 Å². The van der Waals surface area contributed by atoms with Gasteiger partial charge in [0.1, 0.15) is 0 Å². The Balaban J connectivity index is 1.51. The molecule has 0 aliphatic carbocycles. The Hall–Kier alpha value is -6.32. The molecule has 0 unspecified atom stereocenters. The SMILES string of the molecule is Cc1ccc(-c2c3nc(c(-c4ccccc4)ccccc(-c4ccccc4)c4nc(c(-c5ccc(C)cc5)c5ccc2[nH]5)C=C4)C=C3)cc1. The molecule has 0 radical (unpaired) electrons. The number of H-pyrrole nitrogens is 1. The van der Waals surface area contributed by atoms with Crippen molar-refractivity contribution in [3.05, 3.63) is 179 Å². The van der Waals surface area contributed by atoms with E-state index in [1.54, 1.807) is 0 Å². The summed E-state index contributed by atoms with van der Waals surface area (Å²) in [4.78, 5) is 14.4. The number of aromatic nitrogens is 3. The van der Waals surface area contributed by atoms with E-state index in [1.165, 1.54) is 11.1 Å². The van der Waals surface area contributed by atoms with E-state index in [-0.39, 0.29) is 0 Å². The number of nitrogens with zero attached hydrogens (tertiary/aromatic N) is 2. The zero-order chi connectivity index (χ0) is 33.2. The molecule has 2 aliphatic rings. The fourth-order valence-corrected chi connectivity index (χ4v) is 6.51. The van der Waals surface area contributed by atoms with Crippen LogP contribution in [0.2, 0.25) is 0 Å². The summed E-state index contributed by atoms with van der Waals surface area (Å²) < 4.78 is 0. The minimum Gasteiger partial charge on any atom is -0.354 e. The molecule has 0 amide bonds. The molecule has 3 heteroatoms. The lowest BCUT2D eigenvalue weighted by molar-refractivity contribution is 1.31. The fourth-order valence-electron chi connectivity index (χ4n) is 6.51. The molecule has 6 bridgehead atoms. The Bertz CT molecular complexity index is 2240. The van der Waals surface area contributed by atoms with E-state index >= 15 is 0 Å². The Morgan fingerprint density at radius 2 is 0.714 bits per heavy atom. The van der Waals surface area contributed by atoms with Gasteiger partial charge in [-0.25, -0.2) is 9.97 Å². The van der Waals surface area contributed by atoms with Gasteiger partial charge in [-0.2, -0.15) is 0 Å². The van der Waals surface area contributed by atoms with E-state index in [9.17, 15) is 0 Å². The summed E-state index contributed by atoms with van der Waals surface area (Å²) >= 11 is 0. The quantitative estimate of drug-likeness (QED) is 0.210. The van der Waals surface area contributed by atoms with Gasteiger partial charge in [-0.1, -0.05) is 145 Å². The largest absolute Gasteiger partial charge is 0.354 e. The van der Waals surface area contributed by atoms with Gasteiger partial charge < -0.3 is 4.98 Å². The highest BCUT2D eigenvalue weighted by molar-refractivity contribution is 5.96. The number of benzene rings is 4. The lowest BCUT2D eigenvalue weighted by Crippen LogP contribution is -1.88. The van der Waals surface area contributed by atoms with Gasteiger partial charge >= 0.3 is 0 Å². The summed E-state index contributed by atoms with van der Waals surface area (Å²) in [7, 11) is 0. The fraction of sp³-hybridized carbons (Fsp3) is 0.0435. The number of rotatable bonds is 4. The van der Waals surface area contributed by atoms with Crippen molar-refractivity contribution in [1.82, 2.24) is 15.0 Å². The number of hydrogen-bond donors (Lipinski definition) is 1. The van der Waals surface area contributed by atoms with Gasteiger partial charge in [0, 0.05) is 33.3 Å². The van der Waals surface area contributed by atoms with Gasteiger partial charge in [0.2, 0.25) is 0 Å². The van der Waals surface area contributed by atoms with Gasteiger partial charge in [0.05, 0.1) is 22.8 Å². The smallest absolute Gasteiger partial charge is 0.0737 e. The van der Waals surface area contributed by atoms with E-state index in [0.29, 0.717) is 0 Å². The van der Waals surface area contributed by atoms with Gasteiger partial charge in [-0.05, 0) is 72.5 Å². The average Bonchev–Trinajstić information content (AvgIpc) is 3.92. The van der Waals surface area contributed by atoms with Gasteiger partial charge in [0.15, 0.2) is 0 Å². The highest BCUT2D eigenvalue weighted by Crippen LogP contribution is 2.36. The first kappa shape index (κ1) is 30.0. The van der Waals surface area contributed by atoms with Crippen LogP contribution in [0.15, 0.2) is 146 Å². The molecule has 0 saturated carbocycles. The first-order chi connectivity index (χ1) is 24.1. The third-order valence-corrected chi connectivity index (χ3v) is 9.06. The molecule has 4 heterocycles. The van der Waals surface area contributed by atoms with Crippen LogP contribution in [0.1, 0.15) is 33.9 Å². The van der Waals surface area contributed by atoms with Crippen LogP contribution in [-0.2, 0) is 0 Å². The third-order valence-electron chi connectivity index (χ3n) is 9.06. The zero-order valence-electron chi connectivity index (χ0n) is 27.6.